The van der Waals surface area contributed by atoms with Gasteiger partial charge in [0.1, 0.15) is 0 Å². The van der Waals surface area contributed by atoms with Crippen LogP contribution >= 0.6 is 0 Å². The van der Waals surface area contributed by atoms with Gasteiger partial charge in [-0.05, 0) is 25.5 Å². The average molecular weight is 272 g/mol. The zero-order valence-electron chi connectivity index (χ0n) is 11.9. The summed E-state index contributed by atoms with van der Waals surface area (Å²) < 4.78 is 1.67. The van der Waals surface area contributed by atoms with Crippen molar-refractivity contribution in [3.8, 4) is 0 Å². The van der Waals surface area contributed by atoms with Crippen LogP contribution in [0.25, 0.3) is 10.9 Å². The molecule has 1 amide bonds. The number of rotatable bonds is 5. The molecule has 20 heavy (non-hydrogen) atoms. The van der Waals surface area contributed by atoms with Gasteiger partial charge in [0, 0.05) is 17.5 Å². The molecule has 106 valence electrons. The molecule has 0 unspecified atom stereocenters. The van der Waals surface area contributed by atoms with Gasteiger partial charge in [-0.3, -0.25) is 9.40 Å². The summed E-state index contributed by atoms with van der Waals surface area (Å²) in [6.45, 7) is 4.36. The van der Waals surface area contributed by atoms with Gasteiger partial charge in [-0.2, -0.15) is 0 Å². The molecule has 0 spiro atoms. The predicted octanol–water partition coefficient (Wildman–Crippen LogP) is 3.66. The Labute approximate surface area is 119 Å². The molecule has 0 aliphatic carbocycles. The molecule has 0 saturated carbocycles. The van der Waals surface area contributed by atoms with Crippen LogP contribution in [0.1, 0.15) is 26.0 Å². The minimum absolute atomic E-state index is 0.257. The summed E-state index contributed by atoms with van der Waals surface area (Å²) in [5.74, 6) is 0. The Bertz CT molecular complexity index is 614. The number of para-hydroxylation sites is 1. The van der Waals surface area contributed by atoms with E-state index < -0.39 is 0 Å². The molecule has 4 nitrogen and oxygen atoms in total. The van der Waals surface area contributed by atoms with Gasteiger partial charge in [0.2, 0.25) is 0 Å². The summed E-state index contributed by atoms with van der Waals surface area (Å²) in [4.78, 5) is 17.2. The van der Waals surface area contributed by atoms with E-state index in [0.29, 0.717) is 6.61 Å². The van der Waals surface area contributed by atoms with Crippen LogP contribution in [0.2, 0.25) is 0 Å². The third-order valence-electron chi connectivity index (χ3n) is 3.02. The largest absolute Gasteiger partial charge is 0.350 e. The molecular formula is C16H20N2O2. The van der Waals surface area contributed by atoms with Crippen LogP contribution in [0.3, 0.4) is 0 Å². The molecule has 0 aliphatic heterocycles. The van der Waals surface area contributed by atoms with Crippen LogP contribution in [0, 0.1) is 0 Å². The van der Waals surface area contributed by atoms with Crippen LogP contribution in [-0.2, 0) is 11.3 Å². The molecular weight excluding hydrogens is 252 g/mol. The number of nitrogens with one attached hydrogen (secondary N) is 1. The predicted molar refractivity (Wildman–Crippen MR) is 80.6 cm³/mol. The van der Waals surface area contributed by atoms with Gasteiger partial charge >= 0.3 is 6.03 Å². The Kier molecular flexibility index (Phi) is 4.96. The maximum Gasteiger partial charge on any atom is 0.350 e. The first-order valence-electron chi connectivity index (χ1n) is 6.94. The molecule has 2 rings (SSSR count). The highest BCUT2D eigenvalue weighted by Gasteiger charge is 2.13. The summed E-state index contributed by atoms with van der Waals surface area (Å²) in [5, 5.41) is 1.05. The highest BCUT2D eigenvalue weighted by molar-refractivity contribution is 5.92. The second-order valence-electron chi connectivity index (χ2n) is 4.45. The first-order valence-corrected chi connectivity index (χ1v) is 6.94. The summed E-state index contributed by atoms with van der Waals surface area (Å²) in [6, 6.07) is 9.63. The standard InChI is InChI=1S/C16H20N2O2/c1-3-5-6-10-14-12-13-9-7-8-11-15(13)18(14)16(19)17-20-4-2/h5-9,11-12H,3-4,10H2,1-2H3,(H,17,19)/b6-5+. The number of allylic oxidation sites excluding steroid dienone is 2. The topological polar surface area (TPSA) is 43.3 Å². The molecule has 0 fully saturated rings. The number of carbonyl (C=O) groups is 1. The van der Waals surface area contributed by atoms with Crippen LogP contribution in [0.15, 0.2) is 42.5 Å². The lowest BCUT2D eigenvalue weighted by Gasteiger charge is -2.09. The first-order chi connectivity index (χ1) is 9.77. The van der Waals surface area contributed by atoms with Gasteiger partial charge in [0.15, 0.2) is 0 Å². The zero-order valence-corrected chi connectivity index (χ0v) is 11.9. The molecule has 0 bridgehead atoms. The first kappa shape index (κ1) is 14.3. The number of fused-ring (bicyclic) bond motifs is 1. The van der Waals surface area contributed by atoms with E-state index >= 15 is 0 Å². The smallest absolute Gasteiger partial charge is 0.272 e. The zero-order chi connectivity index (χ0) is 14.4. The summed E-state index contributed by atoms with van der Waals surface area (Å²) >= 11 is 0. The molecule has 4 heteroatoms. The number of benzene rings is 1. The van der Waals surface area contributed by atoms with E-state index in [1.54, 1.807) is 4.57 Å². The fourth-order valence-electron chi connectivity index (χ4n) is 2.15. The Morgan fingerprint density at radius 3 is 2.85 bits per heavy atom. The van der Waals surface area contributed by atoms with Crippen LogP contribution in [-0.4, -0.2) is 17.2 Å². The fraction of sp³-hybridized carbons (Fsp3) is 0.312. The lowest BCUT2D eigenvalue weighted by atomic mass is 10.2. The molecule has 1 heterocycles. The van der Waals surface area contributed by atoms with Crippen molar-refractivity contribution in [1.82, 2.24) is 10.0 Å². The summed E-state index contributed by atoms with van der Waals surface area (Å²) in [5.41, 5.74) is 4.30. The van der Waals surface area contributed by atoms with Crippen LogP contribution < -0.4 is 5.48 Å². The minimum Gasteiger partial charge on any atom is -0.272 e. The number of aromatic nitrogens is 1. The lowest BCUT2D eigenvalue weighted by molar-refractivity contribution is 0.0714. The fourth-order valence-corrected chi connectivity index (χ4v) is 2.15. The third kappa shape index (κ3) is 3.08. The van der Waals surface area contributed by atoms with Crippen molar-refractivity contribution >= 4 is 16.9 Å². The normalized spacial score (nSPS) is 11.3. The number of amides is 1. The Morgan fingerprint density at radius 2 is 2.10 bits per heavy atom. The third-order valence-corrected chi connectivity index (χ3v) is 3.02. The molecule has 0 saturated heterocycles. The second kappa shape index (κ2) is 6.91. The molecule has 1 N–H and O–H groups in total. The number of carbonyl (C=O) groups excluding carboxylic acids is 1. The molecule has 0 aliphatic rings. The van der Waals surface area contributed by atoms with Crippen molar-refractivity contribution < 1.29 is 9.63 Å². The maximum absolute atomic E-state index is 12.2. The van der Waals surface area contributed by atoms with Gasteiger partial charge in [0.05, 0.1) is 12.1 Å². The van der Waals surface area contributed by atoms with Crippen molar-refractivity contribution in [2.45, 2.75) is 26.7 Å². The molecule has 0 radical (unpaired) electrons. The van der Waals surface area contributed by atoms with Crippen molar-refractivity contribution in [3.05, 3.63) is 48.2 Å². The van der Waals surface area contributed by atoms with E-state index in [1.165, 1.54) is 0 Å². The molecule has 2 aromatic rings. The Balaban J connectivity index is 2.38. The van der Waals surface area contributed by atoms with E-state index in [9.17, 15) is 4.79 Å². The van der Waals surface area contributed by atoms with E-state index in [-0.39, 0.29) is 6.03 Å². The van der Waals surface area contributed by atoms with Gasteiger partial charge in [-0.25, -0.2) is 10.3 Å². The van der Waals surface area contributed by atoms with Crippen molar-refractivity contribution in [2.24, 2.45) is 0 Å². The molecule has 1 aromatic carbocycles. The minimum atomic E-state index is -0.257. The summed E-state index contributed by atoms with van der Waals surface area (Å²) in [7, 11) is 0. The lowest BCUT2D eigenvalue weighted by Crippen LogP contribution is -2.29. The number of hydroxylamine groups is 1. The Hall–Kier alpha value is -2.07. The highest BCUT2D eigenvalue weighted by Crippen LogP contribution is 2.20. The summed E-state index contributed by atoms with van der Waals surface area (Å²) in [6.07, 6.45) is 5.90. The van der Waals surface area contributed by atoms with Gasteiger partial charge in [0.25, 0.3) is 0 Å². The number of hydrogen-bond acceptors (Lipinski definition) is 2. The van der Waals surface area contributed by atoms with Crippen molar-refractivity contribution in [1.29, 1.82) is 0 Å². The maximum atomic E-state index is 12.2. The van der Waals surface area contributed by atoms with E-state index in [1.807, 2.05) is 37.3 Å². The monoisotopic (exact) mass is 272 g/mol. The van der Waals surface area contributed by atoms with Crippen LogP contribution in [0.4, 0.5) is 4.79 Å². The SMILES string of the molecule is CC/C=C/Cc1cc2ccccc2n1C(=O)NOCC. The van der Waals surface area contributed by atoms with E-state index in [4.69, 9.17) is 4.84 Å². The highest BCUT2D eigenvalue weighted by atomic mass is 16.7. The number of nitrogens with zero attached hydrogens (tertiary/aromatic N) is 1. The van der Waals surface area contributed by atoms with Crippen molar-refractivity contribution in [2.75, 3.05) is 6.61 Å². The number of hydrogen-bond donors (Lipinski definition) is 1. The molecule has 0 atom stereocenters. The Morgan fingerprint density at radius 1 is 1.30 bits per heavy atom. The van der Waals surface area contributed by atoms with E-state index in [2.05, 4.69) is 24.6 Å². The van der Waals surface area contributed by atoms with Crippen molar-refractivity contribution in [3.63, 3.8) is 0 Å². The van der Waals surface area contributed by atoms with Crippen LogP contribution in [0.5, 0.6) is 0 Å². The van der Waals surface area contributed by atoms with E-state index in [0.717, 1.165) is 29.4 Å². The van der Waals surface area contributed by atoms with Gasteiger partial charge < -0.3 is 0 Å². The second-order valence-corrected chi connectivity index (χ2v) is 4.45. The van der Waals surface area contributed by atoms with Gasteiger partial charge in [-0.15, -0.1) is 0 Å². The average Bonchev–Trinajstić information content (AvgIpc) is 2.83. The quantitative estimate of drug-likeness (QED) is 0.666. The van der Waals surface area contributed by atoms with Gasteiger partial charge in [-0.1, -0.05) is 37.3 Å². The molecule has 1 aromatic heterocycles.